The Morgan fingerprint density at radius 1 is 0.580 bits per heavy atom. The number of nitrogens with one attached hydrogen (secondary N) is 6. The molecule has 0 aliphatic rings. The molecule has 0 aliphatic heterocycles. The zero-order valence-corrected chi connectivity index (χ0v) is 52.0. The summed E-state index contributed by atoms with van der Waals surface area (Å²) in [5.74, 6) is -9.56. The minimum absolute atomic E-state index is 0.0296. The summed E-state index contributed by atoms with van der Waals surface area (Å²) in [6.07, 6.45) is 20.0. The third-order valence-corrected chi connectivity index (χ3v) is 13.4. The first-order valence-electron chi connectivity index (χ1n) is 27.8. The number of halogens is 6. The Balaban J connectivity index is 0.000000170. The highest BCUT2D eigenvalue weighted by molar-refractivity contribution is 6.31. The van der Waals surface area contributed by atoms with Crippen LogP contribution in [-0.4, -0.2) is 142 Å². The van der Waals surface area contributed by atoms with Gasteiger partial charge < -0.3 is 41.0 Å². The number of carbonyl (C=O) groups excluding carboxylic acids is 6. The lowest BCUT2D eigenvalue weighted by Gasteiger charge is -2.11. The number of aromatic carboxylic acids is 2. The molecule has 0 saturated heterocycles. The second kappa shape index (κ2) is 32.8. The number of anilines is 4. The fraction of sp³-hybridized carbons (Fsp3) is 0.0469. The summed E-state index contributed by atoms with van der Waals surface area (Å²) >= 11 is 5.62. The van der Waals surface area contributed by atoms with Crippen LogP contribution in [0.5, 0.6) is 0 Å². The van der Waals surface area contributed by atoms with Crippen LogP contribution in [0.2, 0.25) is 5.02 Å². The Morgan fingerprint density at radius 2 is 1.09 bits per heavy atom. The lowest BCUT2D eigenvalue weighted by atomic mass is 10.1. The van der Waals surface area contributed by atoms with E-state index >= 15 is 0 Å². The van der Waals surface area contributed by atoms with E-state index in [9.17, 15) is 70.5 Å². The first-order valence-corrected chi connectivity index (χ1v) is 28.2. The van der Waals surface area contributed by atoms with Crippen molar-refractivity contribution >= 4 is 87.9 Å². The highest BCUT2D eigenvalue weighted by Crippen LogP contribution is 2.28. The van der Waals surface area contributed by atoms with Crippen LogP contribution in [0.15, 0.2) is 148 Å². The summed E-state index contributed by atoms with van der Waals surface area (Å²) in [5, 5.41) is 63.7. The van der Waals surface area contributed by atoms with E-state index in [1.165, 1.54) is 49.2 Å². The molecule has 0 saturated carbocycles. The molecular weight excluding hydrogens is 1340 g/mol. The fourth-order valence-corrected chi connectivity index (χ4v) is 8.39. The molecule has 0 fully saturated rings. The predicted octanol–water partition coefficient (Wildman–Crippen LogP) is 9.13. The van der Waals surface area contributed by atoms with Crippen LogP contribution >= 0.6 is 11.6 Å². The van der Waals surface area contributed by atoms with E-state index in [1.54, 1.807) is 66.9 Å². The zero-order valence-electron chi connectivity index (χ0n) is 51.3. The number of rotatable bonds is 16. The number of aromatic amines is 2. The van der Waals surface area contributed by atoms with Gasteiger partial charge in [0.2, 0.25) is 0 Å². The van der Waals surface area contributed by atoms with E-state index in [0.717, 1.165) is 44.6 Å². The molecule has 4 aromatic carbocycles. The van der Waals surface area contributed by atoms with Crippen molar-refractivity contribution in [2.24, 2.45) is 0 Å². The van der Waals surface area contributed by atoms with Crippen molar-refractivity contribution < 1.29 is 80.0 Å². The second-order valence-electron chi connectivity index (χ2n) is 19.6. The van der Waals surface area contributed by atoms with Crippen molar-refractivity contribution in [1.29, 1.82) is 0 Å². The van der Waals surface area contributed by atoms with Crippen LogP contribution in [0.1, 0.15) is 100 Å². The fourth-order valence-electron chi connectivity index (χ4n) is 8.23. The van der Waals surface area contributed by atoms with Crippen LogP contribution in [0, 0.1) is 48.4 Å². The normalized spacial score (nSPS) is 10.3. The zero-order chi connectivity index (χ0) is 72.3. The Hall–Kier alpha value is -14.2. The maximum absolute atomic E-state index is 13.8. The monoisotopic (exact) mass is 1390 g/mol. The van der Waals surface area contributed by atoms with Crippen molar-refractivity contribution in [3.63, 3.8) is 0 Å². The van der Waals surface area contributed by atoms with Gasteiger partial charge in [-0.2, -0.15) is 10.2 Å². The maximum atomic E-state index is 13.8. The van der Waals surface area contributed by atoms with Gasteiger partial charge in [0.25, 0.3) is 23.6 Å². The Morgan fingerprint density at radius 3 is 1.56 bits per heavy atom. The predicted molar refractivity (Wildman–Crippen MR) is 342 cm³/mol. The number of hydrogen-bond donors (Lipinski definition) is 8. The van der Waals surface area contributed by atoms with Crippen molar-refractivity contribution in [3.05, 3.63) is 243 Å². The number of nitrogens with zero attached hydrogens (tertiary/aromatic N) is 12. The number of methoxy groups -OCH3 is 2. The van der Waals surface area contributed by atoms with Gasteiger partial charge in [0.15, 0.2) is 34.5 Å². The van der Waals surface area contributed by atoms with Gasteiger partial charge in [-0.3, -0.25) is 33.9 Å². The highest BCUT2D eigenvalue weighted by atomic mass is 35.5. The van der Waals surface area contributed by atoms with Gasteiger partial charge in [-0.1, -0.05) is 30.2 Å². The molecule has 0 radical (unpaired) electrons. The number of imidazole rings is 1. The van der Waals surface area contributed by atoms with E-state index in [0.29, 0.717) is 46.0 Å². The maximum Gasteiger partial charge on any atom is 0.340 e. The molecule has 36 heteroatoms. The molecule has 30 nitrogen and oxygen atoms in total. The quantitative estimate of drug-likeness (QED) is 0.0254. The Bertz CT molecular complexity index is 4960. The van der Waals surface area contributed by atoms with Gasteiger partial charge in [0.1, 0.15) is 35.8 Å². The van der Waals surface area contributed by atoms with Gasteiger partial charge in [-0.05, 0) is 91.3 Å². The van der Waals surface area contributed by atoms with Crippen molar-refractivity contribution in [2.75, 3.05) is 35.5 Å². The molecule has 0 bridgehead atoms. The molecule has 0 spiro atoms. The lowest BCUT2D eigenvalue weighted by molar-refractivity contribution is 0.0592. The standard InChI is InChI=1S/C17H13F2N5O3.C17H12FN5O3.C17H10FN5O3.C13H9ClFN3O3/c1-9-5-14(24-4-3-20-8-24)22-23-15(9)16(25)21-13-7-12(19)11(18)6-10(13)17(26)27-2;2*1-2-9-5-15(11(17(25)26)6-12(9)18)21-16(24)14-4-3-13(22-23-14)10-7-19-20-8-10;1-21-13(20)7-4-8(14)9(15)5-11(7)18-12(19)10-2-3-16-6-17-10/h3-8H,1-2H3,(H,21,25);2-8H,1H2,(H,19,20)(H,21,24)(H,25,26);1,3-8H,(H,19,20)(H,21,24)(H,25,26);2-6H,1H3,(H,18,19). The third-order valence-electron chi connectivity index (χ3n) is 13.2. The number of ether oxygens (including phenoxy) is 2. The number of aryl methyl sites for hydroxylation is 1. The summed E-state index contributed by atoms with van der Waals surface area (Å²) in [5.41, 5.74) is 0.978. The molecule has 100 heavy (non-hydrogen) atoms. The number of terminal acetylenes is 1. The minimum atomic E-state index is -1.41. The number of esters is 2. The SMILES string of the molecule is C#Cc1cc(NC(=O)c2ccc(-c3cn[nH]c3)nn2)c(C(=O)O)cc1F.C=Cc1cc(NC(=O)c2ccc(-c3cn[nH]c3)nn2)c(C(=O)O)cc1F.COC(=O)c1cc(Cl)c(F)cc1NC(=O)c1ccncn1.COC(=O)c1cc(F)c(F)cc1NC(=O)c1nnc(-n2ccnc2)cc1C. The molecule has 11 aromatic rings. The number of H-pyrrole nitrogens is 2. The number of hydrogen-bond acceptors (Lipinski definition) is 21. The molecule has 7 heterocycles. The lowest BCUT2D eigenvalue weighted by Crippen LogP contribution is -2.19. The molecule has 504 valence electrons. The number of carbonyl (C=O) groups is 8. The van der Waals surface area contributed by atoms with Gasteiger partial charge >= 0.3 is 23.9 Å². The first-order chi connectivity index (χ1) is 47.9. The summed E-state index contributed by atoms with van der Waals surface area (Å²) < 4.78 is 78.6. The van der Waals surface area contributed by atoms with Crippen LogP contribution in [0.4, 0.5) is 44.7 Å². The molecule has 4 amide bonds. The highest BCUT2D eigenvalue weighted by Gasteiger charge is 2.24. The summed E-state index contributed by atoms with van der Waals surface area (Å²) in [7, 11) is 2.25. The van der Waals surface area contributed by atoms with Crippen LogP contribution in [0.25, 0.3) is 34.4 Å². The topological polar surface area (TPSA) is 422 Å². The Labute approximate surface area is 562 Å². The molecule has 8 N–H and O–H groups in total. The third kappa shape index (κ3) is 17.8. The van der Waals surface area contributed by atoms with E-state index < -0.39 is 82.2 Å². The smallest absolute Gasteiger partial charge is 0.340 e. The first kappa shape index (κ1) is 71.7. The number of carboxylic acid groups (broad SMARTS) is 2. The van der Waals surface area contributed by atoms with E-state index in [2.05, 4.69) is 109 Å². The largest absolute Gasteiger partial charge is 0.478 e. The van der Waals surface area contributed by atoms with Crippen molar-refractivity contribution in [1.82, 2.24) is 70.5 Å². The Kier molecular flexibility index (Phi) is 23.5. The number of benzene rings is 4. The number of aromatic nitrogens is 14. The summed E-state index contributed by atoms with van der Waals surface area (Å²) in [6, 6.07) is 16.2. The molecule has 11 rings (SSSR count). The van der Waals surface area contributed by atoms with Crippen LogP contribution < -0.4 is 21.3 Å². The average Bonchev–Trinajstić information content (AvgIpc) is 0.914. The van der Waals surface area contributed by atoms with Gasteiger partial charge in [-0.25, -0.2) is 56.1 Å². The average molecular weight is 1390 g/mol. The van der Waals surface area contributed by atoms with Crippen LogP contribution in [-0.2, 0) is 9.47 Å². The molecular formula is C64H44ClF5N18O12. The molecule has 0 aliphatic carbocycles. The summed E-state index contributed by atoms with van der Waals surface area (Å²) in [4.78, 5) is 106. The van der Waals surface area contributed by atoms with Crippen molar-refractivity contribution in [3.8, 4) is 40.7 Å². The summed E-state index contributed by atoms with van der Waals surface area (Å²) in [6.45, 7) is 5.08. The number of amides is 4. The van der Waals surface area contributed by atoms with Gasteiger partial charge in [-0.15, -0.1) is 37.0 Å². The van der Waals surface area contributed by atoms with E-state index in [-0.39, 0.29) is 78.4 Å². The van der Waals surface area contributed by atoms with Crippen molar-refractivity contribution in [2.45, 2.75) is 6.92 Å². The molecule has 0 atom stereocenters. The molecule has 0 unspecified atom stereocenters. The van der Waals surface area contributed by atoms with E-state index in [1.807, 2.05) is 0 Å². The second-order valence-corrected chi connectivity index (χ2v) is 20.0. The van der Waals surface area contributed by atoms with Gasteiger partial charge in [0, 0.05) is 53.7 Å². The van der Waals surface area contributed by atoms with Crippen LogP contribution in [0.3, 0.4) is 0 Å². The number of carboxylic acids is 2. The molecule has 7 aromatic heterocycles. The van der Waals surface area contributed by atoms with Gasteiger partial charge in [0.05, 0.1) is 93.6 Å². The minimum Gasteiger partial charge on any atom is -0.478 e. The van der Waals surface area contributed by atoms with E-state index in [4.69, 9.17) is 18.0 Å².